The van der Waals surface area contributed by atoms with E-state index in [1.807, 2.05) is 0 Å². The molecule has 1 N–H and O–H groups in total. The highest BCUT2D eigenvalue weighted by atomic mass is 19.4. The number of anilines is 1. The van der Waals surface area contributed by atoms with Crippen LogP contribution in [-0.4, -0.2) is 51.4 Å². The van der Waals surface area contributed by atoms with Crippen molar-refractivity contribution in [2.75, 3.05) is 31.1 Å². The summed E-state index contributed by atoms with van der Waals surface area (Å²) < 4.78 is 102. The summed E-state index contributed by atoms with van der Waals surface area (Å²) in [5, 5.41) is 10.2. The fourth-order valence-electron chi connectivity index (χ4n) is 5.86. The van der Waals surface area contributed by atoms with Crippen molar-refractivity contribution in [2.24, 2.45) is 0 Å². The number of hydrogen-bond acceptors (Lipinski definition) is 6. The second-order valence-electron chi connectivity index (χ2n) is 11.3. The number of benzene rings is 2. The van der Waals surface area contributed by atoms with Gasteiger partial charge in [-0.25, -0.2) is 9.18 Å². The van der Waals surface area contributed by atoms with E-state index in [2.05, 4.69) is 0 Å². The number of rotatable bonds is 9. The Morgan fingerprint density at radius 3 is 2.23 bits per heavy atom. The summed E-state index contributed by atoms with van der Waals surface area (Å²) in [4.78, 5) is 31.0. The molecule has 2 aromatic heterocycles. The number of aliphatic hydroxyl groups is 1. The molecule has 15 heteroatoms. The van der Waals surface area contributed by atoms with Gasteiger partial charge in [0.15, 0.2) is 0 Å². The van der Waals surface area contributed by atoms with Gasteiger partial charge in [-0.15, -0.1) is 0 Å². The number of nitrogens with zero attached hydrogens (tertiary/aromatic N) is 4. The minimum absolute atomic E-state index is 0.00154. The molecule has 5 rings (SSSR count). The first-order chi connectivity index (χ1) is 22.2. The number of aryl methyl sites for hydroxylation is 1. The van der Waals surface area contributed by atoms with Gasteiger partial charge in [-0.3, -0.25) is 18.8 Å². The predicted octanol–water partition coefficient (Wildman–Crippen LogP) is 5.06. The van der Waals surface area contributed by atoms with Gasteiger partial charge in [-0.1, -0.05) is 36.4 Å². The van der Waals surface area contributed by atoms with E-state index in [4.69, 9.17) is 4.42 Å². The van der Waals surface area contributed by atoms with E-state index in [1.54, 1.807) is 40.1 Å². The molecule has 1 aliphatic rings. The summed E-state index contributed by atoms with van der Waals surface area (Å²) in [5.41, 5.74) is -2.88. The fourth-order valence-corrected chi connectivity index (χ4v) is 5.86. The molecular formula is C32H31F7N4O4. The van der Waals surface area contributed by atoms with Crippen molar-refractivity contribution in [3.8, 4) is 0 Å². The van der Waals surface area contributed by atoms with Crippen molar-refractivity contribution in [1.29, 1.82) is 0 Å². The molecule has 1 fully saturated rings. The molecule has 0 aliphatic carbocycles. The van der Waals surface area contributed by atoms with Crippen LogP contribution in [0.2, 0.25) is 0 Å². The highest BCUT2D eigenvalue weighted by molar-refractivity contribution is 5.50. The standard InChI is InChI=1S/C32H31F7N4O4/c1-20-28(41-15-14-40(22(16-41)19-44)17-23-10-11-27(47-23)32(37,38)39)29(45)42(13-12-21-6-3-2-4-7-21)30(46)43(20)18-24-25(31(34,35)36)8-5-9-26(24)33/h2-11,22,44H,12-19H2,1H3. The maximum absolute atomic E-state index is 14.9. The third-order valence-electron chi connectivity index (χ3n) is 8.30. The molecule has 252 valence electrons. The molecule has 1 aliphatic heterocycles. The average Bonchev–Trinajstić information content (AvgIpc) is 3.50. The molecule has 3 heterocycles. The van der Waals surface area contributed by atoms with Crippen LogP contribution in [0.1, 0.15) is 33.9 Å². The maximum atomic E-state index is 14.9. The molecular weight excluding hydrogens is 637 g/mol. The molecule has 1 atom stereocenters. The minimum atomic E-state index is -4.92. The third-order valence-corrected chi connectivity index (χ3v) is 8.30. The molecule has 0 radical (unpaired) electrons. The monoisotopic (exact) mass is 668 g/mol. The first kappa shape index (κ1) is 34.0. The maximum Gasteiger partial charge on any atom is 0.449 e. The Bertz CT molecular complexity index is 1830. The van der Waals surface area contributed by atoms with Crippen LogP contribution >= 0.6 is 0 Å². The Hall–Kier alpha value is -4.37. The number of piperazine rings is 1. The van der Waals surface area contributed by atoms with Gasteiger partial charge >= 0.3 is 18.0 Å². The van der Waals surface area contributed by atoms with Crippen LogP contribution in [0.25, 0.3) is 0 Å². The van der Waals surface area contributed by atoms with Gasteiger partial charge in [-0.2, -0.15) is 26.3 Å². The molecule has 0 saturated carbocycles. The molecule has 47 heavy (non-hydrogen) atoms. The second-order valence-corrected chi connectivity index (χ2v) is 11.3. The second kappa shape index (κ2) is 13.4. The van der Waals surface area contributed by atoms with E-state index in [-0.39, 0.29) is 56.3 Å². The number of alkyl halides is 6. The first-order valence-corrected chi connectivity index (χ1v) is 14.7. The van der Waals surface area contributed by atoms with Crippen LogP contribution < -0.4 is 16.1 Å². The predicted molar refractivity (Wildman–Crippen MR) is 158 cm³/mol. The van der Waals surface area contributed by atoms with E-state index in [9.17, 15) is 45.4 Å². The van der Waals surface area contributed by atoms with Crippen molar-refractivity contribution < 1.29 is 40.3 Å². The van der Waals surface area contributed by atoms with Gasteiger partial charge < -0.3 is 14.4 Å². The Kier molecular flexibility index (Phi) is 9.68. The van der Waals surface area contributed by atoms with Gasteiger partial charge in [0.2, 0.25) is 5.76 Å². The smallest absolute Gasteiger partial charge is 0.449 e. The van der Waals surface area contributed by atoms with Crippen LogP contribution in [0.15, 0.2) is 74.7 Å². The van der Waals surface area contributed by atoms with Crippen LogP contribution in [0.3, 0.4) is 0 Å². The fraction of sp³-hybridized carbons (Fsp3) is 0.375. The lowest BCUT2D eigenvalue weighted by Crippen LogP contribution is -2.56. The van der Waals surface area contributed by atoms with E-state index in [1.165, 1.54) is 13.0 Å². The van der Waals surface area contributed by atoms with E-state index >= 15 is 0 Å². The summed E-state index contributed by atoms with van der Waals surface area (Å²) in [6.07, 6.45) is -9.35. The largest absolute Gasteiger partial charge is 0.455 e. The van der Waals surface area contributed by atoms with Gasteiger partial charge in [-0.05, 0) is 43.2 Å². The molecule has 2 aromatic carbocycles. The summed E-state index contributed by atoms with van der Waals surface area (Å²) in [6.45, 7) is 0.191. The lowest BCUT2D eigenvalue weighted by molar-refractivity contribution is -0.153. The quantitative estimate of drug-likeness (QED) is 0.251. The van der Waals surface area contributed by atoms with Crippen molar-refractivity contribution in [1.82, 2.24) is 14.0 Å². The highest BCUT2D eigenvalue weighted by Gasteiger charge is 2.37. The van der Waals surface area contributed by atoms with Crippen LogP contribution in [0.4, 0.5) is 36.4 Å². The van der Waals surface area contributed by atoms with Crippen LogP contribution in [0.5, 0.6) is 0 Å². The van der Waals surface area contributed by atoms with Crippen molar-refractivity contribution in [3.63, 3.8) is 0 Å². The lowest BCUT2D eigenvalue weighted by Gasteiger charge is -2.41. The van der Waals surface area contributed by atoms with Gasteiger partial charge in [0, 0.05) is 37.4 Å². The zero-order valence-electron chi connectivity index (χ0n) is 25.1. The van der Waals surface area contributed by atoms with E-state index < -0.39 is 65.5 Å². The molecule has 4 aromatic rings. The summed E-state index contributed by atoms with van der Waals surface area (Å²) in [7, 11) is 0. The topological polar surface area (TPSA) is 83.8 Å². The average molecular weight is 669 g/mol. The number of aromatic nitrogens is 2. The lowest BCUT2D eigenvalue weighted by atomic mass is 10.1. The van der Waals surface area contributed by atoms with Gasteiger partial charge in [0.25, 0.3) is 5.56 Å². The molecule has 1 saturated heterocycles. The number of aliphatic hydroxyl groups excluding tert-OH is 1. The molecule has 0 bridgehead atoms. The van der Waals surface area contributed by atoms with Crippen molar-refractivity contribution in [3.05, 3.63) is 121 Å². The Morgan fingerprint density at radius 1 is 0.872 bits per heavy atom. The number of halogens is 7. The first-order valence-electron chi connectivity index (χ1n) is 14.7. The number of hydrogen-bond donors (Lipinski definition) is 1. The molecule has 0 amide bonds. The van der Waals surface area contributed by atoms with Gasteiger partial charge in [0.1, 0.15) is 17.3 Å². The summed E-state index contributed by atoms with van der Waals surface area (Å²) in [6, 6.07) is 12.7. The summed E-state index contributed by atoms with van der Waals surface area (Å²) in [5.74, 6) is -2.32. The molecule has 0 spiro atoms. The number of furan rings is 1. The van der Waals surface area contributed by atoms with E-state index in [0.717, 1.165) is 32.9 Å². The summed E-state index contributed by atoms with van der Waals surface area (Å²) >= 11 is 0. The van der Waals surface area contributed by atoms with Gasteiger partial charge in [0.05, 0.1) is 31.3 Å². The minimum Gasteiger partial charge on any atom is -0.455 e. The van der Waals surface area contributed by atoms with Crippen molar-refractivity contribution >= 4 is 5.69 Å². The molecule has 1 unspecified atom stereocenters. The van der Waals surface area contributed by atoms with Crippen LogP contribution in [0, 0.1) is 12.7 Å². The zero-order chi connectivity index (χ0) is 34.1. The van der Waals surface area contributed by atoms with E-state index in [0.29, 0.717) is 6.07 Å². The zero-order valence-corrected chi connectivity index (χ0v) is 25.1. The SMILES string of the molecule is Cc1c(N2CCN(Cc3ccc(C(F)(F)F)o3)C(CO)C2)c(=O)n(CCc2ccccc2)c(=O)n1Cc1c(F)cccc1C(F)(F)F. The Morgan fingerprint density at radius 2 is 1.60 bits per heavy atom. The van der Waals surface area contributed by atoms with Crippen molar-refractivity contribution in [2.45, 2.75) is 51.4 Å². The molecule has 8 nitrogen and oxygen atoms in total. The highest BCUT2D eigenvalue weighted by Crippen LogP contribution is 2.34. The Balaban J connectivity index is 1.53. The normalized spacial score (nSPS) is 16.2. The third kappa shape index (κ3) is 7.30. The Labute approximate surface area is 263 Å². The van der Waals surface area contributed by atoms with Crippen LogP contribution in [-0.2, 0) is 38.4 Å².